The van der Waals surface area contributed by atoms with Gasteiger partial charge in [0.05, 0.1) is 24.7 Å². The minimum atomic E-state index is -0.348. The van der Waals surface area contributed by atoms with Crippen LogP contribution in [-0.2, 0) is 0 Å². The van der Waals surface area contributed by atoms with Crippen LogP contribution in [0.15, 0.2) is 73.3 Å². The maximum absolute atomic E-state index is 12.5. The Balaban J connectivity index is 1.45. The highest BCUT2D eigenvalue weighted by Gasteiger charge is 2.11. The Morgan fingerprint density at radius 3 is 2.67 bits per heavy atom. The van der Waals surface area contributed by atoms with Crippen molar-refractivity contribution in [1.29, 1.82) is 0 Å². The topological polar surface area (TPSA) is 91.2 Å². The van der Waals surface area contributed by atoms with Gasteiger partial charge in [-0.15, -0.1) is 0 Å². The Morgan fingerprint density at radius 1 is 1.03 bits per heavy atom. The van der Waals surface area contributed by atoms with Gasteiger partial charge in [0.2, 0.25) is 5.88 Å². The van der Waals surface area contributed by atoms with E-state index in [0.717, 1.165) is 11.3 Å². The molecule has 0 aliphatic heterocycles. The summed E-state index contributed by atoms with van der Waals surface area (Å²) in [5, 5.41) is 6.93. The van der Waals surface area contributed by atoms with E-state index in [2.05, 4.69) is 20.4 Å². The lowest BCUT2D eigenvalue weighted by atomic mass is 10.2. The molecule has 0 fully saturated rings. The molecule has 150 valence electrons. The number of nitrogens with zero attached hydrogens (tertiary/aromatic N) is 4. The number of nitrogens with one attached hydrogen (secondary N) is 1. The van der Waals surface area contributed by atoms with E-state index in [9.17, 15) is 4.79 Å². The van der Waals surface area contributed by atoms with Crippen LogP contribution in [0.25, 0.3) is 5.69 Å². The van der Waals surface area contributed by atoms with Crippen LogP contribution in [0.3, 0.4) is 0 Å². The van der Waals surface area contributed by atoms with Gasteiger partial charge in [-0.2, -0.15) is 5.10 Å². The zero-order chi connectivity index (χ0) is 20.9. The van der Waals surface area contributed by atoms with Gasteiger partial charge in [-0.05, 0) is 48.9 Å². The van der Waals surface area contributed by atoms with E-state index in [-0.39, 0.29) is 11.6 Å². The predicted octanol–water partition coefficient (Wildman–Crippen LogP) is 4.02. The first-order valence-corrected chi connectivity index (χ1v) is 9.18. The van der Waals surface area contributed by atoms with Crippen molar-refractivity contribution < 1.29 is 14.3 Å². The molecule has 30 heavy (non-hydrogen) atoms. The summed E-state index contributed by atoms with van der Waals surface area (Å²) in [5.74, 6) is 1.22. The molecule has 0 radical (unpaired) electrons. The number of amides is 1. The third-order valence-corrected chi connectivity index (χ3v) is 4.27. The molecular weight excluding hydrogens is 382 g/mol. The zero-order valence-corrected chi connectivity index (χ0v) is 16.4. The molecule has 0 unspecified atom stereocenters. The molecule has 1 amide bonds. The number of methoxy groups -OCH3 is 1. The molecule has 0 saturated carbocycles. The highest BCUT2D eigenvalue weighted by Crippen LogP contribution is 2.31. The van der Waals surface area contributed by atoms with E-state index in [4.69, 9.17) is 9.47 Å². The van der Waals surface area contributed by atoms with Crippen molar-refractivity contribution in [3.8, 4) is 23.1 Å². The van der Waals surface area contributed by atoms with Crippen LogP contribution in [0.5, 0.6) is 17.4 Å². The largest absolute Gasteiger partial charge is 0.493 e. The summed E-state index contributed by atoms with van der Waals surface area (Å²) in [6.45, 7) is 1.97. The van der Waals surface area contributed by atoms with Crippen LogP contribution < -0.4 is 14.8 Å². The molecule has 8 nitrogen and oxygen atoms in total. The molecule has 3 aromatic heterocycles. The molecule has 0 aliphatic carbocycles. The maximum atomic E-state index is 12.5. The lowest BCUT2D eigenvalue weighted by Gasteiger charge is -2.11. The van der Waals surface area contributed by atoms with Gasteiger partial charge in [-0.25, -0.2) is 9.67 Å². The van der Waals surface area contributed by atoms with Crippen molar-refractivity contribution in [1.82, 2.24) is 19.7 Å². The number of carbonyl (C=O) groups is 1. The SMILES string of the molecule is COc1cc(C)ccc1Oc1ccc(NC(=O)c2cc(-n3cccn3)ccn2)cn1. The number of anilines is 1. The van der Waals surface area contributed by atoms with Gasteiger partial charge in [0.25, 0.3) is 5.91 Å². The number of hydrogen-bond acceptors (Lipinski definition) is 6. The summed E-state index contributed by atoms with van der Waals surface area (Å²) in [7, 11) is 1.59. The third kappa shape index (κ3) is 4.27. The second kappa shape index (κ2) is 8.44. The van der Waals surface area contributed by atoms with Gasteiger partial charge in [0, 0.05) is 24.7 Å². The smallest absolute Gasteiger partial charge is 0.274 e. The summed E-state index contributed by atoms with van der Waals surface area (Å²) in [6.07, 6.45) is 6.55. The van der Waals surface area contributed by atoms with Gasteiger partial charge in [-0.1, -0.05) is 6.07 Å². The van der Waals surface area contributed by atoms with Crippen molar-refractivity contribution in [2.24, 2.45) is 0 Å². The normalized spacial score (nSPS) is 10.5. The first kappa shape index (κ1) is 19.1. The zero-order valence-electron chi connectivity index (χ0n) is 16.4. The first-order chi connectivity index (χ1) is 14.6. The highest BCUT2D eigenvalue weighted by atomic mass is 16.5. The molecule has 0 spiro atoms. The van der Waals surface area contributed by atoms with Crippen molar-refractivity contribution in [3.63, 3.8) is 0 Å². The second-order valence-electron chi connectivity index (χ2n) is 6.45. The van der Waals surface area contributed by atoms with E-state index >= 15 is 0 Å². The number of aryl methyl sites for hydroxylation is 1. The Labute approximate surface area is 173 Å². The Bertz CT molecular complexity index is 1160. The Kier molecular flexibility index (Phi) is 5.38. The maximum Gasteiger partial charge on any atom is 0.274 e. The van der Waals surface area contributed by atoms with E-state index in [1.807, 2.05) is 31.2 Å². The van der Waals surface area contributed by atoms with E-state index in [1.165, 1.54) is 6.20 Å². The van der Waals surface area contributed by atoms with Crippen LogP contribution in [0.1, 0.15) is 16.1 Å². The molecule has 4 aromatic rings. The number of carbonyl (C=O) groups excluding carboxylic acids is 1. The number of aromatic nitrogens is 4. The summed E-state index contributed by atoms with van der Waals surface area (Å²) in [5.41, 5.74) is 2.60. The molecule has 1 N–H and O–H groups in total. The minimum absolute atomic E-state index is 0.271. The van der Waals surface area contributed by atoms with E-state index in [0.29, 0.717) is 23.1 Å². The van der Waals surface area contributed by atoms with Gasteiger partial charge < -0.3 is 14.8 Å². The minimum Gasteiger partial charge on any atom is -0.493 e. The van der Waals surface area contributed by atoms with Gasteiger partial charge in [0.15, 0.2) is 11.5 Å². The van der Waals surface area contributed by atoms with Crippen molar-refractivity contribution in [2.75, 3.05) is 12.4 Å². The van der Waals surface area contributed by atoms with Crippen LogP contribution in [0.4, 0.5) is 5.69 Å². The Hall–Kier alpha value is -4.20. The fraction of sp³-hybridized carbons (Fsp3) is 0.0909. The fourth-order valence-corrected chi connectivity index (χ4v) is 2.79. The molecule has 4 rings (SSSR count). The Morgan fingerprint density at radius 2 is 1.93 bits per heavy atom. The number of benzene rings is 1. The molecule has 0 saturated heterocycles. The molecule has 0 aliphatic rings. The number of pyridine rings is 2. The lowest BCUT2D eigenvalue weighted by Crippen LogP contribution is -2.14. The molecule has 0 bridgehead atoms. The number of hydrogen-bond donors (Lipinski definition) is 1. The predicted molar refractivity (Wildman–Crippen MR) is 111 cm³/mol. The van der Waals surface area contributed by atoms with Gasteiger partial charge >= 0.3 is 0 Å². The van der Waals surface area contributed by atoms with Crippen molar-refractivity contribution in [3.05, 3.63) is 84.6 Å². The lowest BCUT2D eigenvalue weighted by molar-refractivity contribution is 0.102. The third-order valence-electron chi connectivity index (χ3n) is 4.27. The van der Waals surface area contributed by atoms with Crippen LogP contribution in [-0.4, -0.2) is 32.8 Å². The first-order valence-electron chi connectivity index (χ1n) is 9.18. The second-order valence-corrected chi connectivity index (χ2v) is 6.45. The summed E-state index contributed by atoms with van der Waals surface area (Å²) in [4.78, 5) is 20.9. The van der Waals surface area contributed by atoms with Crippen molar-refractivity contribution >= 4 is 11.6 Å². The molecule has 0 atom stereocenters. The average Bonchev–Trinajstić information content (AvgIpc) is 3.31. The number of rotatable bonds is 6. The molecular formula is C22H19N5O3. The number of ether oxygens (including phenoxy) is 2. The van der Waals surface area contributed by atoms with Crippen LogP contribution in [0, 0.1) is 6.92 Å². The van der Waals surface area contributed by atoms with Crippen LogP contribution >= 0.6 is 0 Å². The monoisotopic (exact) mass is 401 g/mol. The molecule has 3 heterocycles. The van der Waals surface area contributed by atoms with Crippen molar-refractivity contribution in [2.45, 2.75) is 6.92 Å². The molecule has 8 heteroatoms. The average molecular weight is 401 g/mol. The highest BCUT2D eigenvalue weighted by molar-refractivity contribution is 6.03. The van der Waals surface area contributed by atoms with Gasteiger partial charge in [0.1, 0.15) is 5.69 Å². The van der Waals surface area contributed by atoms with E-state index in [1.54, 1.807) is 54.6 Å². The summed E-state index contributed by atoms with van der Waals surface area (Å²) < 4.78 is 12.8. The quantitative estimate of drug-likeness (QED) is 0.525. The van der Waals surface area contributed by atoms with Crippen LogP contribution in [0.2, 0.25) is 0 Å². The van der Waals surface area contributed by atoms with E-state index < -0.39 is 0 Å². The summed E-state index contributed by atoms with van der Waals surface area (Å²) >= 11 is 0. The fourth-order valence-electron chi connectivity index (χ4n) is 2.79. The van der Waals surface area contributed by atoms with Gasteiger partial charge in [-0.3, -0.25) is 9.78 Å². The summed E-state index contributed by atoms with van der Waals surface area (Å²) in [6, 6.07) is 14.3. The standard InChI is InChI=1S/C22H19N5O3/c1-15-4-6-19(20(12-15)29-2)30-21-7-5-16(14-24-21)26-22(28)18-13-17(8-10-23-18)27-11-3-9-25-27/h3-14H,1-2H3,(H,26,28). The molecule has 1 aromatic carbocycles.